The van der Waals surface area contributed by atoms with Gasteiger partial charge in [0.05, 0.1) is 0 Å². The van der Waals surface area contributed by atoms with Crippen molar-refractivity contribution in [3.05, 3.63) is 46.8 Å². The van der Waals surface area contributed by atoms with Gasteiger partial charge in [-0.25, -0.2) is 4.79 Å². The van der Waals surface area contributed by atoms with Crippen molar-refractivity contribution < 1.29 is 18.7 Å². The predicted octanol–water partition coefficient (Wildman–Crippen LogP) is 3.68. The number of furan rings is 1. The maximum absolute atomic E-state index is 11.8. The van der Waals surface area contributed by atoms with Gasteiger partial charge in [-0.05, 0) is 66.2 Å². The second-order valence-corrected chi connectivity index (χ2v) is 5.73. The highest BCUT2D eigenvalue weighted by molar-refractivity contribution is 9.10. The average Bonchev–Trinajstić information content (AvgIpc) is 3.02. The number of carbonyl (C=O) groups is 2. The molecule has 0 saturated heterocycles. The van der Waals surface area contributed by atoms with Crippen LogP contribution in [-0.2, 0) is 9.53 Å². The zero-order valence-corrected chi connectivity index (χ0v) is 15.1. The van der Waals surface area contributed by atoms with Crippen molar-refractivity contribution in [3.8, 4) is 0 Å². The molecule has 2 rings (SSSR count). The smallest absolute Gasteiger partial charge is 0.374 e. The standard InChI is InChI=1S/C17H19BrN2O4/c1-3-20(4-2)13-7-5-12(6-8-13)19-16(21)11-23-17(22)14-9-10-15(18)24-14/h5-10H,3-4,11H2,1-2H3,(H,19,21). The minimum Gasteiger partial charge on any atom is -0.450 e. The topological polar surface area (TPSA) is 71.8 Å². The molecule has 0 radical (unpaired) electrons. The molecule has 0 fully saturated rings. The van der Waals surface area contributed by atoms with Crippen molar-refractivity contribution in [3.63, 3.8) is 0 Å². The van der Waals surface area contributed by atoms with Gasteiger partial charge < -0.3 is 19.4 Å². The molecule has 0 aliphatic carbocycles. The monoisotopic (exact) mass is 394 g/mol. The van der Waals surface area contributed by atoms with Crippen LogP contribution in [0.4, 0.5) is 11.4 Å². The van der Waals surface area contributed by atoms with Crippen LogP contribution in [0.15, 0.2) is 45.5 Å². The molecule has 24 heavy (non-hydrogen) atoms. The van der Waals surface area contributed by atoms with E-state index in [4.69, 9.17) is 9.15 Å². The zero-order valence-electron chi connectivity index (χ0n) is 13.5. The number of nitrogens with zero attached hydrogens (tertiary/aromatic N) is 1. The van der Waals surface area contributed by atoms with Crippen LogP contribution in [0.25, 0.3) is 0 Å². The number of hydrogen-bond acceptors (Lipinski definition) is 5. The Hall–Kier alpha value is -2.28. The van der Waals surface area contributed by atoms with Gasteiger partial charge in [-0.2, -0.15) is 0 Å². The van der Waals surface area contributed by atoms with E-state index in [1.165, 1.54) is 6.07 Å². The molecule has 1 aromatic heterocycles. The molecule has 1 amide bonds. The number of anilines is 2. The number of carbonyl (C=O) groups excluding carboxylic acids is 2. The van der Waals surface area contributed by atoms with Gasteiger partial charge in [0, 0.05) is 24.5 Å². The largest absolute Gasteiger partial charge is 0.450 e. The molecule has 1 N–H and O–H groups in total. The van der Waals surface area contributed by atoms with E-state index in [9.17, 15) is 9.59 Å². The van der Waals surface area contributed by atoms with Crippen molar-refractivity contribution in [1.29, 1.82) is 0 Å². The van der Waals surface area contributed by atoms with Gasteiger partial charge >= 0.3 is 5.97 Å². The first kappa shape index (κ1) is 18.1. The second-order valence-electron chi connectivity index (χ2n) is 4.95. The Kier molecular flexibility index (Phi) is 6.43. The normalized spacial score (nSPS) is 10.3. The van der Waals surface area contributed by atoms with Crippen molar-refractivity contribution in [1.82, 2.24) is 0 Å². The highest BCUT2D eigenvalue weighted by Gasteiger charge is 2.14. The van der Waals surface area contributed by atoms with E-state index in [0.717, 1.165) is 18.8 Å². The summed E-state index contributed by atoms with van der Waals surface area (Å²) in [5, 5.41) is 2.68. The number of ether oxygens (including phenoxy) is 1. The number of benzene rings is 1. The van der Waals surface area contributed by atoms with Crippen LogP contribution < -0.4 is 10.2 Å². The summed E-state index contributed by atoms with van der Waals surface area (Å²) in [5.74, 6) is -1.06. The first-order valence-electron chi connectivity index (χ1n) is 7.60. The maximum Gasteiger partial charge on any atom is 0.374 e. The fourth-order valence-electron chi connectivity index (χ4n) is 2.17. The first-order chi connectivity index (χ1) is 11.5. The van der Waals surface area contributed by atoms with Crippen LogP contribution >= 0.6 is 15.9 Å². The molecule has 0 spiro atoms. The van der Waals surface area contributed by atoms with E-state index in [1.807, 2.05) is 24.3 Å². The second kappa shape index (κ2) is 8.54. The summed E-state index contributed by atoms with van der Waals surface area (Å²) in [7, 11) is 0. The van der Waals surface area contributed by atoms with E-state index >= 15 is 0 Å². The Morgan fingerprint density at radius 3 is 2.33 bits per heavy atom. The van der Waals surface area contributed by atoms with Crippen molar-refractivity contribution in [2.75, 3.05) is 29.9 Å². The summed E-state index contributed by atoms with van der Waals surface area (Å²) < 4.78 is 10.4. The Morgan fingerprint density at radius 1 is 1.12 bits per heavy atom. The van der Waals surface area contributed by atoms with E-state index in [-0.39, 0.29) is 12.4 Å². The van der Waals surface area contributed by atoms with Crippen LogP contribution in [0, 0.1) is 0 Å². The third kappa shape index (κ3) is 4.86. The fourth-order valence-corrected chi connectivity index (χ4v) is 2.47. The van der Waals surface area contributed by atoms with Gasteiger partial charge in [0.15, 0.2) is 11.3 Å². The Bertz CT molecular complexity index is 693. The molecule has 0 aliphatic rings. The molecule has 6 nitrogen and oxygen atoms in total. The molecule has 0 atom stereocenters. The number of nitrogens with one attached hydrogen (secondary N) is 1. The third-order valence-corrected chi connectivity index (χ3v) is 3.81. The minimum atomic E-state index is -0.687. The SMILES string of the molecule is CCN(CC)c1ccc(NC(=O)COC(=O)c2ccc(Br)o2)cc1. The number of amides is 1. The van der Waals surface area contributed by atoms with Gasteiger partial charge in [0.25, 0.3) is 5.91 Å². The molecule has 1 aromatic carbocycles. The van der Waals surface area contributed by atoms with Gasteiger partial charge in [0.1, 0.15) is 0 Å². The summed E-state index contributed by atoms with van der Waals surface area (Å²) in [6.07, 6.45) is 0. The highest BCUT2D eigenvalue weighted by Crippen LogP contribution is 2.18. The van der Waals surface area contributed by atoms with Gasteiger partial charge in [-0.3, -0.25) is 4.79 Å². The first-order valence-corrected chi connectivity index (χ1v) is 8.40. The Balaban J connectivity index is 1.85. The van der Waals surface area contributed by atoms with Gasteiger partial charge in [0.2, 0.25) is 5.76 Å². The van der Waals surface area contributed by atoms with Gasteiger partial charge in [-0.1, -0.05) is 0 Å². The summed E-state index contributed by atoms with van der Waals surface area (Å²) in [5.41, 5.74) is 1.74. The Morgan fingerprint density at radius 2 is 1.79 bits per heavy atom. The summed E-state index contributed by atoms with van der Waals surface area (Å²) in [6.45, 7) is 5.63. The van der Waals surface area contributed by atoms with Crippen LogP contribution in [-0.4, -0.2) is 31.6 Å². The highest BCUT2D eigenvalue weighted by atomic mass is 79.9. The lowest BCUT2D eigenvalue weighted by Crippen LogP contribution is -2.22. The van der Waals surface area contributed by atoms with E-state index in [2.05, 4.69) is 40.0 Å². The summed E-state index contributed by atoms with van der Waals surface area (Å²) in [4.78, 5) is 25.7. The third-order valence-electron chi connectivity index (χ3n) is 3.39. The molecule has 0 unspecified atom stereocenters. The minimum absolute atomic E-state index is 0.0400. The fraction of sp³-hybridized carbons (Fsp3) is 0.294. The van der Waals surface area contributed by atoms with Crippen LogP contribution in [0.3, 0.4) is 0 Å². The quantitative estimate of drug-likeness (QED) is 0.725. The summed E-state index contributed by atoms with van der Waals surface area (Å²) in [6, 6.07) is 10.6. The van der Waals surface area contributed by atoms with Crippen molar-refractivity contribution in [2.24, 2.45) is 0 Å². The lowest BCUT2D eigenvalue weighted by Gasteiger charge is -2.21. The molecule has 0 bridgehead atoms. The van der Waals surface area contributed by atoms with Crippen LogP contribution in [0.1, 0.15) is 24.4 Å². The maximum atomic E-state index is 11.8. The number of halogens is 1. The zero-order chi connectivity index (χ0) is 17.5. The average molecular weight is 395 g/mol. The van der Waals surface area contributed by atoms with Crippen LogP contribution in [0.5, 0.6) is 0 Å². The van der Waals surface area contributed by atoms with Crippen molar-refractivity contribution >= 4 is 39.2 Å². The molecular weight excluding hydrogens is 376 g/mol. The molecule has 0 saturated carbocycles. The Labute approximate surface area is 148 Å². The van der Waals surface area contributed by atoms with Crippen LogP contribution in [0.2, 0.25) is 0 Å². The molecular formula is C17H19BrN2O4. The van der Waals surface area contributed by atoms with Crippen molar-refractivity contribution in [2.45, 2.75) is 13.8 Å². The number of hydrogen-bond donors (Lipinski definition) is 1. The molecule has 2 aromatic rings. The predicted molar refractivity (Wildman–Crippen MR) is 95.3 cm³/mol. The molecule has 7 heteroatoms. The van der Waals surface area contributed by atoms with E-state index in [0.29, 0.717) is 10.4 Å². The van der Waals surface area contributed by atoms with E-state index < -0.39 is 11.9 Å². The van der Waals surface area contributed by atoms with Gasteiger partial charge in [-0.15, -0.1) is 0 Å². The lowest BCUT2D eigenvalue weighted by atomic mass is 10.2. The number of rotatable bonds is 7. The molecule has 1 heterocycles. The molecule has 0 aliphatic heterocycles. The number of esters is 1. The summed E-state index contributed by atoms with van der Waals surface area (Å²) >= 11 is 3.09. The van der Waals surface area contributed by atoms with E-state index in [1.54, 1.807) is 6.07 Å². The lowest BCUT2D eigenvalue weighted by molar-refractivity contribution is -0.119. The molecule has 128 valence electrons.